The third-order valence-electron chi connectivity index (χ3n) is 2.04. The average molecular weight is 275 g/mol. The molecule has 0 radical (unpaired) electrons. The van der Waals surface area contributed by atoms with E-state index in [4.69, 9.17) is 5.73 Å². The zero-order valence-corrected chi connectivity index (χ0v) is 9.75. The van der Waals surface area contributed by atoms with Crippen LogP contribution < -0.4 is 16.4 Å². The Hall–Kier alpha value is -2.09. The molecule has 0 aliphatic rings. The van der Waals surface area contributed by atoms with Gasteiger partial charge in [-0.1, -0.05) is 6.07 Å². The van der Waals surface area contributed by atoms with Crippen LogP contribution in [0.1, 0.15) is 10.4 Å². The van der Waals surface area contributed by atoms with Crippen LogP contribution in [0, 0.1) is 0 Å². The summed E-state index contributed by atoms with van der Waals surface area (Å²) in [6.45, 7) is -1.73. The average Bonchev–Trinajstić information content (AvgIpc) is 2.27. The summed E-state index contributed by atoms with van der Waals surface area (Å²) in [5.41, 5.74) is 5.54. The summed E-state index contributed by atoms with van der Waals surface area (Å²) < 4.78 is 35.5. The Morgan fingerprint density at radius 1 is 1.26 bits per heavy atom. The first-order chi connectivity index (χ1) is 8.78. The minimum absolute atomic E-state index is 0.195. The predicted molar refractivity (Wildman–Crippen MR) is 62.5 cm³/mol. The van der Waals surface area contributed by atoms with Gasteiger partial charge in [-0.3, -0.25) is 9.59 Å². The van der Waals surface area contributed by atoms with Gasteiger partial charge in [0.2, 0.25) is 11.8 Å². The third-order valence-corrected chi connectivity index (χ3v) is 2.04. The maximum Gasteiger partial charge on any atom is 0.401 e. The van der Waals surface area contributed by atoms with E-state index in [1.54, 1.807) is 0 Å². The fraction of sp³-hybridized carbons (Fsp3) is 0.273. The first-order valence-electron chi connectivity index (χ1n) is 5.25. The van der Waals surface area contributed by atoms with Crippen molar-refractivity contribution in [3.05, 3.63) is 29.8 Å². The van der Waals surface area contributed by atoms with Crippen molar-refractivity contribution in [1.82, 2.24) is 5.32 Å². The van der Waals surface area contributed by atoms with Crippen LogP contribution in [0.15, 0.2) is 24.3 Å². The molecule has 2 amide bonds. The summed E-state index contributed by atoms with van der Waals surface area (Å²) in [5.74, 6) is -1.31. The van der Waals surface area contributed by atoms with E-state index in [1.807, 2.05) is 5.32 Å². The minimum atomic E-state index is -4.37. The largest absolute Gasteiger partial charge is 0.401 e. The summed E-state index contributed by atoms with van der Waals surface area (Å²) in [6.07, 6.45) is -4.37. The highest BCUT2D eigenvalue weighted by atomic mass is 19.4. The standard InChI is InChI=1S/C11H12F3N3O2/c12-11(13,14)6-16-5-9(18)17-8-3-1-2-7(4-8)10(15)19/h1-4,16H,5-6H2,(H2,15,19)(H,17,18). The molecule has 104 valence electrons. The van der Waals surface area contributed by atoms with Gasteiger partial charge in [0, 0.05) is 11.3 Å². The topological polar surface area (TPSA) is 84.2 Å². The van der Waals surface area contributed by atoms with E-state index in [0.29, 0.717) is 0 Å². The number of amides is 2. The van der Waals surface area contributed by atoms with E-state index in [0.717, 1.165) is 0 Å². The van der Waals surface area contributed by atoms with Gasteiger partial charge < -0.3 is 16.4 Å². The molecule has 0 saturated heterocycles. The number of hydrogen-bond acceptors (Lipinski definition) is 3. The second-order valence-corrected chi connectivity index (χ2v) is 3.71. The minimum Gasteiger partial charge on any atom is -0.366 e. The molecule has 0 bridgehead atoms. The molecule has 0 aliphatic carbocycles. The summed E-state index contributed by atoms with van der Waals surface area (Å²) in [7, 11) is 0. The number of halogens is 3. The molecular formula is C11H12F3N3O2. The van der Waals surface area contributed by atoms with Crippen LogP contribution in [-0.4, -0.2) is 31.1 Å². The van der Waals surface area contributed by atoms with Gasteiger partial charge in [-0.05, 0) is 18.2 Å². The molecule has 1 aromatic rings. The summed E-state index contributed by atoms with van der Waals surface area (Å²) in [6, 6.07) is 5.79. The Morgan fingerprint density at radius 2 is 1.95 bits per heavy atom. The maximum atomic E-state index is 11.8. The van der Waals surface area contributed by atoms with Crippen molar-refractivity contribution in [3.8, 4) is 0 Å². The van der Waals surface area contributed by atoms with Gasteiger partial charge >= 0.3 is 6.18 Å². The van der Waals surface area contributed by atoms with Gasteiger partial charge in [0.1, 0.15) is 0 Å². The molecule has 0 aliphatic heterocycles. The fourth-order valence-corrected chi connectivity index (χ4v) is 1.27. The number of primary amides is 1. The molecule has 0 saturated carbocycles. The Morgan fingerprint density at radius 3 is 2.53 bits per heavy atom. The summed E-state index contributed by atoms with van der Waals surface area (Å²) >= 11 is 0. The first-order valence-corrected chi connectivity index (χ1v) is 5.25. The van der Waals surface area contributed by atoms with Gasteiger partial charge in [0.15, 0.2) is 0 Å². The normalized spacial score (nSPS) is 11.1. The Labute approximate surface area is 107 Å². The van der Waals surface area contributed by atoms with E-state index >= 15 is 0 Å². The zero-order valence-electron chi connectivity index (χ0n) is 9.75. The smallest absolute Gasteiger partial charge is 0.366 e. The molecule has 8 heteroatoms. The monoisotopic (exact) mass is 275 g/mol. The molecular weight excluding hydrogens is 263 g/mol. The molecule has 0 heterocycles. The van der Waals surface area contributed by atoms with Crippen molar-refractivity contribution in [2.24, 2.45) is 5.73 Å². The lowest BCUT2D eigenvalue weighted by Gasteiger charge is -2.09. The van der Waals surface area contributed by atoms with E-state index in [-0.39, 0.29) is 11.3 Å². The van der Waals surface area contributed by atoms with E-state index in [2.05, 4.69) is 5.32 Å². The quantitative estimate of drug-likeness (QED) is 0.745. The number of benzene rings is 1. The van der Waals surface area contributed by atoms with Crippen LogP contribution in [0.2, 0.25) is 0 Å². The molecule has 0 atom stereocenters. The second kappa shape index (κ2) is 6.19. The first kappa shape index (κ1) is 15.0. The number of rotatable bonds is 5. The van der Waals surface area contributed by atoms with E-state index < -0.39 is 31.1 Å². The van der Waals surface area contributed by atoms with Crippen LogP contribution in [-0.2, 0) is 4.79 Å². The van der Waals surface area contributed by atoms with Crippen molar-refractivity contribution in [3.63, 3.8) is 0 Å². The van der Waals surface area contributed by atoms with Gasteiger partial charge in [-0.25, -0.2) is 0 Å². The molecule has 1 rings (SSSR count). The SMILES string of the molecule is NC(=O)c1cccc(NC(=O)CNCC(F)(F)F)c1. The molecule has 0 aromatic heterocycles. The van der Waals surface area contributed by atoms with Gasteiger partial charge in [-0.2, -0.15) is 13.2 Å². The third kappa shape index (κ3) is 5.87. The van der Waals surface area contributed by atoms with Crippen molar-refractivity contribution < 1.29 is 22.8 Å². The van der Waals surface area contributed by atoms with Crippen LogP contribution in [0.4, 0.5) is 18.9 Å². The maximum absolute atomic E-state index is 11.8. The molecule has 5 nitrogen and oxygen atoms in total. The summed E-state index contributed by atoms with van der Waals surface area (Å²) in [5, 5.41) is 4.30. The molecule has 0 spiro atoms. The number of nitrogens with two attached hydrogens (primary N) is 1. The van der Waals surface area contributed by atoms with Crippen LogP contribution in [0.5, 0.6) is 0 Å². The highest BCUT2D eigenvalue weighted by molar-refractivity contribution is 5.96. The summed E-state index contributed by atoms with van der Waals surface area (Å²) in [4.78, 5) is 22.2. The number of hydrogen-bond donors (Lipinski definition) is 3. The van der Waals surface area contributed by atoms with Crippen molar-refractivity contribution >= 4 is 17.5 Å². The van der Waals surface area contributed by atoms with Crippen LogP contribution >= 0.6 is 0 Å². The molecule has 0 fully saturated rings. The molecule has 0 unspecified atom stereocenters. The van der Waals surface area contributed by atoms with Crippen molar-refractivity contribution in [2.75, 3.05) is 18.4 Å². The number of nitrogens with one attached hydrogen (secondary N) is 2. The lowest BCUT2D eigenvalue weighted by molar-refractivity contribution is -0.126. The number of alkyl halides is 3. The molecule has 19 heavy (non-hydrogen) atoms. The second-order valence-electron chi connectivity index (χ2n) is 3.71. The van der Waals surface area contributed by atoms with Gasteiger partial charge in [0.25, 0.3) is 0 Å². The Balaban J connectivity index is 2.48. The zero-order chi connectivity index (χ0) is 14.5. The highest BCUT2D eigenvalue weighted by Crippen LogP contribution is 2.12. The number of carbonyl (C=O) groups is 2. The number of carbonyl (C=O) groups excluding carboxylic acids is 2. The van der Waals surface area contributed by atoms with E-state index in [1.165, 1.54) is 24.3 Å². The number of anilines is 1. The van der Waals surface area contributed by atoms with Gasteiger partial charge in [-0.15, -0.1) is 0 Å². The fourth-order valence-electron chi connectivity index (χ4n) is 1.27. The van der Waals surface area contributed by atoms with Gasteiger partial charge in [0.05, 0.1) is 13.1 Å². The van der Waals surface area contributed by atoms with Crippen molar-refractivity contribution in [1.29, 1.82) is 0 Å². The van der Waals surface area contributed by atoms with E-state index in [9.17, 15) is 22.8 Å². The lowest BCUT2D eigenvalue weighted by Crippen LogP contribution is -2.35. The predicted octanol–water partition coefficient (Wildman–Crippen LogP) is 0.876. The van der Waals surface area contributed by atoms with Crippen LogP contribution in [0.3, 0.4) is 0 Å². The molecule has 4 N–H and O–H groups in total. The van der Waals surface area contributed by atoms with Crippen molar-refractivity contribution in [2.45, 2.75) is 6.18 Å². The molecule has 1 aromatic carbocycles. The Kier molecular flexibility index (Phi) is 4.87. The Bertz CT molecular complexity index is 474. The highest BCUT2D eigenvalue weighted by Gasteiger charge is 2.26. The lowest BCUT2D eigenvalue weighted by atomic mass is 10.2. The van der Waals surface area contributed by atoms with Crippen LogP contribution in [0.25, 0.3) is 0 Å².